The number of fused-ring (bicyclic) bond motifs is 1. The Kier molecular flexibility index (Phi) is 3.13. The number of amides is 1. The monoisotopic (exact) mass is 287 g/mol. The van der Waals surface area contributed by atoms with Crippen LogP contribution in [-0.4, -0.2) is 22.6 Å². The third kappa shape index (κ3) is 2.14. The molecule has 1 N–H and O–H groups in total. The molecule has 0 saturated heterocycles. The first-order chi connectivity index (χ1) is 10.1. The highest BCUT2D eigenvalue weighted by Crippen LogP contribution is 2.27. The van der Waals surface area contributed by atoms with Crippen LogP contribution in [0.1, 0.15) is 10.4 Å². The normalized spacial score (nSPS) is 10.8. The van der Waals surface area contributed by atoms with E-state index in [-0.39, 0.29) is 11.1 Å². The van der Waals surface area contributed by atoms with E-state index in [1.807, 2.05) is 0 Å². The molecule has 3 aromatic rings. The zero-order valence-corrected chi connectivity index (χ0v) is 11.1. The van der Waals surface area contributed by atoms with Crippen molar-refractivity contribution in [3.8, 4) is 11.3 Å². The predicted molar refractivity (Wildman–Crippen MR) is 73.9 cm³/mol. The Balaban J connectivity index is 2.34. The Labute approximate surface area is 119 Å². The molecule has 0 saturated carbocycles. The maximum absolute atomic E-state index is 14.0. The summed E-state index contributed by atoms with van der Waals surface area (Å²) in [7, 11) is 1.46. The largest absolute Gasteiger partial charge is 0.355 e. The molecule has 1 amide bonds. The van der Waals surface area contributed by atoms with Gasteiger partial charge in [-0.3, -0.25) is 4.79 Å². The van der Waals surface area contributed by atoms with E-state index >= 15 is 0 Å². The summed E-state index contributed by atoms with van der Waals surface area (Å²) in [6.07, 6.45) is 1.55. The van der Waals surface area contributed by atoms with E-state index < -0.39 is 17.5 Å². The number of nitrogens with one attached hydrogen (secondary N) is 1. The fourth-order valence-corrected chi connectivity index (χ4v) is 2.21. The highest BCUT2D eigenvalue weighted by Gasteiger charge is 2.22. The van der Waals surface area contributed by atoms with Crippen LogP contribution in [0.4, 0.5) is 8.78 Å². The van der Waals surface area contributed by atoms with Gasteiger partial charge in [-0.15, -0.1) is 0 Å². The molecule has 0 aliphatic rings. The third-order valence-electron chi connectivity index (χ3n) is 3.18. The molecule has 4 nitrogen and oxygen atoms in total. The molecule has 6 heteroatoms. The molecule has 0 bridgehead atoms. The van der Waals surface area contributed by atoms with Crippen molar-refractivity contribution in [3.05, 3.63) is 59.8 Å². The highest BCUT2D eigenvalue weighted by atomic mass is 19.1. The predicted octanol–water partition coefficient (Wildman–Crippen LogP) is 2.64. The second-order valence-corrected chi connectivity index (χ2v) is 4.46. The average Bonchev–Trinajstić information content (AvgIpc) is 2.88. The summed E-state index contributed by atoms with van der Waals surface area (Å²) < 4.78 is 28.4. The summed E-state index contributed by atoms with van der Waals surface area (Å²) in [6, 6.07) is 8.30. The molecule has 106 valence electrons. The van der Waals surface area contributed by atoms with E-state index in [0.29, 0.717) is 11.3 Å². The summed E-state index contributed by atoms with van der Waals surface area (Å²) in [5, 5.41) is 6.71. The molecule has 0 radical (unpaired) electrons. The number of nitrogens with zero attached hydrogens (tertiary/aromatic N) is 2. The van der Waals surface area contributed by atoms with E-state index in [1.54, 1.807) is 6.20 Å². The molecule has 0 unspecified atom stereocenters. The number of benzene rings is 1. The first kappa shape index (κ1) is 13.2. The maximum Gasteiger partial charge on any atom is 0.255 e. The zero-order valence-electron chi connectivity index (χ0n) is 11.1. The number of hydrogen-bond donors (Lipinski definition) is 1. The average molecular weight is 287 g/mol. The molecule has 0 fully saturated rings. The van der Waals surface area contributed by atoms with Gasteiger partial charge in [0.2, 0.25) is 0 Å². The Morgan fingerprint density at radius 3 is 2.57 bits per heavy atom. The Hall–Kier alpha value is -2.76. The van der Waals surface area contributed by atoms with Gasteiger partial charge >= 0.3 is 0 Å². The third-order valence-corrected chi connectivity index (χ3v) is 3.18. The molecule has 0 aliphatic heterocycles. The lowest BCUT2D eigenvalue weighted by Crippen LogP contribution is -2.18. The molecule has 2 aromatic heterocycles. The molecule has 3 rings (SSSR count). The molecule has 0 aliphatic carbocycles. The summed E-state index contributed by atoms with van der Waals surface area (Å²) >= 11 is 0. The lowest BCUT2D eigenvalue weighted by molar-refractivity contribution is 0.0965. The lowest BCUT2D eigenvalue weighted by atomic mass is 10.1. The minimum atomic E-state index is -0.544. The minimum Gasteiger partial charge on any atom is -0.355 e. The van der Waals surface area contributed by atoms with Crippen molar-refractivity contribution in [3.63, 3.8) is 0 Å². The van der Waals surface area contributed by atoms with Crippen molar-refractivity contribution in [1.82, 2.24) is 14.9 Å². The number of rotatable bonds is 2. The van der Waals surface area contributed by atoms with Crippen LogP contribution < -0.4 is 5.32 Å². The van der Waals surface area contributed by atoms with Gasteiger partial charge in [0.25, 0.3) is 5.91 Å². The maximum atomic E-state index is 14.0. The highest BCUT2D eigenvalue weighted by molar-refractivity contribution is 6.06. The minimum absolute atomic E-state index is 0.0937. The van der Waals surface area contributed by atoms with Crippen molar-refractivity contribution >= 4 is 11.4 Å². The van der Waals surface area contributed by atoms with Gasteiger partial charge < -0.3 is 5.32 Å². The summed E-state index contributed by atoms with van der Waals surface area (Å²) in [5.74, 6) is -1.39. The molecule has 1 aromatic carbocycles. The van der Waals surface area contributed by atoms with Gasteiger partial charge in [-0.25, -0.2) is 13.3 Å². The van der Waals surface area contributed by atoms with Crippen molar-refractivity contribution < 1.29 is 13.6 Å². The van der Waals surface area contributed by atoms with E-state index in [2.05, 4.69) is 10.4 Å². The zero-order chi connectivity index (χ0) is 15.0. The quantitative estimate of drug-likeness (QED) is 0.787. The molecular formula is C15H11F2N3O. The van der Waals surface area contributed by atoms with Gasteiger partial charge in [-0.05, 0) is 36.4 Å². The summed E-state index contributed by atoms with van der Waals surface area (Å²) in [6.45, 7) is 0. The van der Waals surface area contributed by atoms with Crippen LogP contribution in [0.15, 0.2) is 42.6 Å². The van der Waals surface area contributed by atoms with Crippen molar-refractivity contribution in [2.45, 2.75) is 0 Å². The second kappa shape index (κ2) is 4.97. The molecule has 2 heterocycles. The lowest BCUT2D eigenvalue weighted by Gasteiger charge is -2.02. The summed E-state index contributed by atoms with van der Waals surface area (Å²) in [5.41, 5.74) is 1.07. The molecule has 0 spiro atoms. The standard InChI is InChI=1S/C15H11F2N3O/c1-18-15(21)12-13(9-4-6-10(16)7-5-9)19-20-8-2-3-11(17)14(12)20/h2-8H,1H3,(H,18,21). The van der Waals surface area contributed by atoms with Gasteiger partial charge in [-0.1, -0.05) is 0 Å². The van der Waals surface area contributed by atoms with E-state index in [0.717, 1.165) is 0 Å². The van der Waals surface area contributed by atoms with Crippen molar-refractivity contribution in [1.29, 1.82) is 0 Å². The first-order valence-corrected chi connectivity index (χ1v) is 6.26. The van der Waals surface area contributed by atoms with Gasteiger partial charge in [-0.2, -0.15) is 5.10 Å². The van der Waals surface area contributed by atoms with Crippen LogP contribution in [-0.2, 0) is 0 Å². The Morgan fingerprint density at radius 2 is 1.90 bits per heavy atom. The Morgan fingerprint density at radius 1 is 1.19 bits per heavy atom. The Bertz CT molecular complexity index is 825. The van der Waals surface area contributed by atoms with Crippen LogP contribution in [0.5, 0.6) is 0 Å². The topological polar surface area (TPSA) is 46.4 Å². The van der Waals surface area contributed by atoms with Crippen LogP contribution in [0.3, 0.4) is 0 Å². The van der Waals surface area contributed by atoms with Gasteiger partial charge in [0.05, 0.1) is 5.56 Å². The smallest absolute Gasteiger partial charge is 0.255 e. The fraction of sp³-hybridized carbons (Fsp3) is 0.0667. The number of halogens is 2. The summed E-state index contributed by atoms with van der Waals surface area (Å²) in [4.78, 5) is 12.1. The van der Waals surface area contributed by atoms with E-state index in [4.69, 9.17) is 0 Å². The van der Waals surface area contributed by atoms with Gasteiger partial charge in [0.15, 0.2) is 0 Å². The second-order valence-electron chi connectivity index (χ2n) is 4.46. The molecule has 21 heavy (non-hydrogen) atoms. The van der Waals surface area contributed by atoms with Crippen LogP contribution >= 0.6 is 0 Å². The number of carbonyl (C=O) groups is 1. The molecule has 0 atom stereocenters. The SMILES string of the molecule is CNC(=O)c1c(-c2ccc(F)cc2)nn2cccc(F)c12. The number of pyridine rings is 1. The number of hydrogen-bond acceptors (Lipinski definition) is 2. The fourth-order valence-electron chi connectivity index (χ4n) is 2.21. The number of carbonyl (C=O) groups excluding carboxylic acids is 1. The van der Waals surface area contributed by atoms with Crippen LogP contribution in [0, 0.1) is 11.6 Å². The van der Waals surface area contributed by atoms with Crippen molar-refractivity contribution in [2.24, 2.45) is 0 Å². The van der Waals surface area contributed by atoms with Gasteiger partial charge in [0, 0.05) is 18.8 Å². The number of aromatic nitrogens is 2. The van der Waals surface area contributed by atoms with E-state index in [1.165, 1.54) is 48.0 Å². The van der Waals surface area contributed by atoms with Crippen LogP contribution in [0.25, 0.3) is 16.8 Å². The van der Waals surface area contributed by atoms with Crippen molar-refractivity contribution in [2.75, 3.05) is 7.05 Å². The van der Waals surface area contributed by atoms with E-state index in [9.17, 15) is 13.6 Å². The first-order valence-electron chi connectivity index (χ1n) is 6.26. The molecular weight excluding hydrogens is 276 g/mol. The van der Waals surface area contributed by atoms with Gasteiger partial charge in [0.1, 0.15) is 22.8 Å². The van der Waals surface area contributed by atoms with Crippen LogP contribution in [0.2, 0.25) is 0 Å².